The van der Waals surface area contributed by atoms with Crippen LogP contribution < -0.4 is 16.0 Å². The maximum Gasteiger partial charge on any atom is 0.250 e. The van der Waals surface area contributed by atoms with Crippen LogP contribution in [0.5, 0.6) is 0 Å². The van der Waals surface area contributed by atoms with Gasteiger partial charge >= 0.3 is 0 Å². The summed E-state index contributed by atoms with van der Waals surface area (Å²) >= 11 is 6.13. The monoisotopic (exact) mass is 351 g/mol. The SMILES string of the molecule is CC(=O)Nc1ccc(NC(=O)C2(NC(C)=O)CCCCC2)cc1Cl. The molecule has 7 heteroatoms. The number of rotatable bonds is 4. The number of anilines is 2. The summed E-state index contributed by atoms with van der Waals surface area (Å²) in [6.07, 6.45) is 4.10. The van der Waals surface area contributed by atoms with E-state index in [-0.39, 0.29) is 17.7 Å². The molecular formula is C17H22ClN3O3. The van der Waals surface area contributed by atoms with Gasteiger partial charge in [0.1, 0.15) is 5.54 Å². The van der Waals surface area contributed by atoms with Crippen LogP contribution in [0.4, 0.5) is 11.4 Å². The maximum atomic E-state index is 12.8. The van der Waals surface area contributed by atoms with E-state index in [1.807, 2.05) is 0 Å². The Kier molecular flexibility index (Phi) is 5.83. The van der Waals surface area contributed by atoms with Crippen LogP contribution in [0.1, 0.15) is 46.0 Å². The van der Waals surface area contributed by atoms with E-state index in [4.69, 9.17) is 11.6 Å². The van der Waals surface area contributed by atoms with Crippen molar-refractivity contribution in [3.63, 3.8) is 0 Å². The fourth-order valence-electron chi connectivity index (χ4n) is 3.04. The molecule has 0 aromatic heterocycles. The highest BCUT2D eigenvalue weighted by Gasteiger charge is 2.40. The van der Waals surface area contributed by atoms with Crippen LogP contribution >= 0.6 is 11.6 Å². The molecule has 1 aliphatic rings. The van der Waals surface area contributed by atoms with Crippen molar-refractivity contribution >= 4 is 40.7 Å². The molecule has 24 heavy (non-hydrogen) atoms. The summed E-state index contributed by atoms with van der Waals surface area (Å²) in [5, 5.41) is 8.60. The van der Waals surface area contributed by atoms with Crippen LogP contribution in [-0.4, -0.2) is 23.3 Å². The molecule has 1 fully saturated rings. The van der Waals surface area contributed by atoms with Crippen molar-refractivity contribution in [2.45, 2.75) is 51.5 Å². The first-order valence-electron chi connectivity index (χ1n) is 8.00. The summed E-state index contributed by atoms with van der Waals surface area (Å²) in [5.74, 6) is -0.674. The lowest BCUT2D eigenvalue weighted by Gasteiger charge is -2.36. The van der Waals surface area contributed by atoms with Gasteiger partial charge in [-0.2, -0.15) is 0 Å². The van der Waals surface area contributed by atoms with Crippen molar-refractivity contribution in [3.8, 4) is 0 Å². The number of nitrogens with one attached hydrogen (secondary N) is 3. The minimum absolute atomic E-state index is 0.217. The molecule has 0 atom stereocenters. The Labute approximate surface area is 146 Å². The van der Waals surface area contributed by atoms with Gasteiger partial charge in [-0.15, -0.1) is 0 Å². The number of hydrogen-bond donors (Lipinski definition) is 3. The Balaban J connectivity index is 2.16. The Hall–Kier alpha value is -2.08. The van der Waals surface area contributed by atoms with E-state index >= 15 is 0 Å². The molecule has 1 aromatic rings. The van der Waals surface area contributed by atoms with Crippen molar-refractivity contribution < 1.29 is 14.4 Å². The second-order valence-electron chi connectivity index (χ2n) is 6.15. The fraction of sp³-hybridized carbons (Fsp3) is 0.471. The van der Waals surface area contributed by atoms with Gasteiger partial charge in [0.2, 0.25) is 17.7 Å². The smallest absolute Gasteiger partial charge is 0.250 e. The van der Waals surface area contributed by atoms with Crippen LogP contribution in [-0.2, 0) is 14.4 Å². The zero-order valence-corrected chi connectivity index (χ0v) is 14.6. The molecule has 1 saturated carbocycles. The molecule has 0 radical (unpaired) electrons. The third-order valence-electron chi connectivity index (χ3n) is 4.09. The summed E-state index contributed by atoms with van der Waals surface area (Å²) in [7, 11) is 0. The van der Waals surface area contributed by atoms with Gasteiger partial charge < -0.3 is 16.0 Å². The van der Waals surface area contributed by atoms with E-state index in [1.165, 1.54) is 13.8 Å². The standard InChI is InChI=1S/C17H22ClN3O3/c1-11(22)19-15-7-6-13(10-14(15)18)20-16(24)17(21-12(2)23)8-4-3-5-9-17/h6-7,10H,3-5,8-9H2,1-2H3,(H,19,22)(H,20,24)(H,21,23). The van der Waals surface area contributed by atoms with Gasteiger partial charge in [0.15, 0.2) is 0 Å². The van der Waals surface area contributed by atoms with Crippen LogP contribution in [0.2, 0.25) is 5.02 Å². The number of halogens is 1. The van der Waals surface area contributed by atoms with Crippen molar-refractivity contribution in [2.24, 2.45) is 0 Å². The summed E-state index contributed by atoms with van der Waals surface area (Å²) < 4.78 is 0. The highest BCUT2D eigenvalue weighted by atomic mass is 35.5. The van der Waals surface area contributed by atoms with Gasteiger partial charge in [-0.1, -0.05) is 30.9 Å². The van der Waals surface area contributed by atoms with Crippen LogP contribution in [0.15, 0.2) is 18.2 Å². The van der Waals surface area contributed by atoms with E-state index in [0.717, 1.165) is 19.3 Å². The van der Waals surface area contributed by atoms with Crippen molar-refractivity contribution in [3.05, 3.63) is 23.2 Å². The predicted octanol–water partition coefficient (Wildman–Crippen LogP) is 3.08. The average molecular weight is 352 g/mol. The van der Waals surface area contributed by atoms with Gasteiger partial charge in [-0.05, 0) is 31.0 Å². The molecule has 0 unspecified atom stereocenters. The predicted molar refractivity (Wildman–Crippen MR) is 94.0 cm³/mol. The summed E-state index contributed by atoms with van der Waals surface area (Å²) in [4.78, 5) is 35.4. The third-order valence-corrected chi connectivity index (χ3v) is 4.41. The lowest BCUT2D eigenvalue weighted by atomic mass is 9.80. The molecule has 3 N–H and O–H groups in total. The van der Waals surface area contributed by atoms with Crippen molar-refractivity contribution in [1.29, 1.82) is 0 Å². The Bertz CT molecular complexity index is 654. The molecule has 0 aliphatic heterocycles. The minimum atomic E-state index is -0.868. The van der Waals surface area contributed by atoms with E-state index in [9.17, 15) is 14.4 Å². The zero-order chi connectivity index (χ0) is 17.7. The minimum Gasteiger partial charge on any atom is -0.342 e. The largest absolute Gasteiger partial charge is 0.342 e. The molecule has 0 saturated heterocycles. The number of carbonyl (C=O) groups is 3. The lowest BCUT2D eigenvalue weighted by molar-refractivity contribution is -0.130. The molecule has 0 spiro atoms. The Morgan fingerprint density at radius 2 is 1.67 bits per heavy atom. The van der Waals surface area contributed by atoms with E-state index < -0.39 is 5.54 Å². The highest BCUT2D eigenvalue weighted by molar-refractivity contribution is 6.34. The molecule has 130 valence electrons. The maximum absolute atomic E-state index is 12.8. The van der Waals surface area contributed by atoms with Crippen LogP contribution in [0.3, 0.4) is 0 Å². The Morgan fingerprint density at radius 3 is 2.21 bits per heavy atom. The normalized spacial score (nSPS) is 16.1. The number of carbonyl (C=O) groups excluding carboxylic acids is 3. The first kappa shape index (κ1) is 18.3. The molecular weight excluding hydrogens is 330 g/mol. The van der Waals surface area contributed by atoms with Gasteiger partial charge in [0.05, 0.1) is 10.7 Å². The summed E-state index contributed by atoms with van der Waals surface area (Å²) in [5.41, 5.74) is 0.137. The van der Waals surface area contributed by atoms with E-state index in [0.29, 0.717) is 29.2 Å². The van der Waals surface area contributed by atoms with E-state index in [1.54, 1.807) is 18.2 Å². The number of benzene rings is 1. The molecule has 0 heterocycles. The second-order valence-corrected chi connectivity index (χ2v) is 6.56. The van der Waals surface area contributed by atoms with Gasteiger partial charge in [-0.25, -0.2) is 0 Å². The highest BCUT2D eigenvalue weighted by Crippen LogP contribution is 2.31. The summed E-state index contributed by atoms with van der Waals surface area (Å²) in [6, 6.07) is 4.87. The average Bonchev–Trinajstić information content (AvgIpc) is 2.50. The van der Waals surface area contributed by atoms with Gasteiger partial charge in [-0.3, -0.25) is 14.4 Å². The molecule has 3 amide bonds. The number of hydrogen-bond acceptors (Lipinski definition) is 3. The quantitative estimate of drug-likeness (QED) is 0.779. The van der Waals surface area contributed by atoms with Crippen LogP contribution in [0.25, 0.3) is 0 Å². The molecule has 0 bridgehead atoms. The Morgan fingerprint density at radius 1 is 1.00 bits per heavy atom. The van der Waals surface area contributed by atoms with Gasteiger partial charge in [0, 0.05) is 19.5 Å². The topological polar surface area (TPSA) is 87.3 Å². The third kappa shape index (κ3) is 4.47. The summed E-state index contributed by atoms with van der Waals surface area (Å²) in [6.45, 7) is 2.81. The van der Waals surface area contributed by atoms with Crippen molar-refractivity contribution in [1.82, 2.24) is 5.32 Å². The van der Waals surface area contributed by atoms with Crippen molar-refractivity contribution in [2.75, 3.05) is 10.6 Å². The first-order valence-corrected chi connectivity index (χ1v) is 8.37. The first-order chi connectivity index (χ1) is 11.3. The second kappa shape index (κ2) is 7.66. The number of amides is 3. The zero-order valence-electron chi connectivity index (χ0n) is 13.9. The van der Waals surface area contributed by atoms with Gasteiger partial charge in [0.25, 0.3) is 0 Å². The molecule has 1 aromatic carbocycles. The molecule has 1 aliphatic carbocycles. The molecule has 2 rings (SSSR count). The molecule has 6 nitrogen and oxygen atoms in total. The van der Waals surface area contributed by atoms with E-state index in [2.05, 4.69) is 16.0 Å². The fourth-order valence-corrected chi connectivity index (χ4v) is 3.26. The lowest BCUT2D eigenvalue weighted by Crippen LogP contribution is -2.57. The van der Waals surface area contributed by atoms with Crippen LogP contribution in [0, 0.1) is 0 Å².